The van der Waals surface area contributed by atoms with Crippen molar-refractivity contribution >= 4 is 11.8 Å². The number of aryl methyl sites for hydroxylation is 1. The number of benzene rings is 1. The molecule has 5 heteroatoms. The molecule has 0 bridgehead atoms. The fourth-order valence-electron chi connectivity index (χ4n) is 1.59. The molecule has 0 radical (unpaired) electrons. The van der Waals surface area contributed by atoms with Crippen LogP contribution in [-0.2, 0) is 9.59 Å². The molecule has 1 aromatic rings. The fourth-order valence-corrected chi connectivity index (χ4v) is 1.59. The van der Waals surface area contributed by atoms with Crippen LogP contribution in [0.5, 0.6) is 5.75 Å². The predicted molar refractivity (Wildman–Crippen MR) is 82.1 cm³/mol. The van der Waals surface area contributed by atoms with Gasteiger partial charge in [0.15, 0.2) is 6.10 Å². The van der Waals surface area contributed by atoms with Gasteiger partial charge in [0.2, 0.25) is 5.91 Å². The summed E-state index contributed by atoms with van der Waals surface area (Å²) in [6, 6.07) is 7.53. The van der Waals surface area contributed by atoms with E-state index in [0.717, 1.165) is 5.56 Å². The van der Waals surface area contributed by atoms with Crippen molar-refractivity contribution in [2.45, 2.75) is 33.8 Å². The molecule has 2 amide bonds. The zero-order chi connectivity index (χ0) is 15.8. The molecular formula is C16H24N2O3. The van der Waals surface area contributed by atoms with Gasteiger partial charge in [0.1, 0.15) is 5.75 Å². The molecule has 0 spiro atoms. The molecule has 1 atom stereocenters. The third-order valence-corrected chi connectivity index (χ3v) is 2.95. The van der Waals surface area contributed by atoms with Gasteiger partial charge in [-0.3, -0.25) is 9.59 Å². The second-order valence-corrected chi connectivity index (χ2v) is 5.31. The van der Waals surface area contributed by atoms with Gasteiger partial charge >= 0.3 is 0 Å². The molecular weight excluding hydrogens is 268 g/mol. The fraction of sp³-hybridized carbons (Fsp3) is 0.500. The average Bonchev–Trinajstić information content (AvgIpc) is 2.45. The van der Waals surface area contributed by atoms with Gasteiger partial charge < -0.3 is 15.4 Å². The smallest absolute Gasteiger partial charge is 0.260 e. The van der Waals surface area contributed by atoms with Crippen LogP contribution >= 0.6 is 0 Å². The van der Waals surface area contributed by atoms with E-state index in [-0.39, 0.29) is 17.7 Å². The minimum Gasteiger partial charge on any atom is -0.481 e. The van der Waals surface area contributed by atoms with Gasteiger partial charge in [0.05, 0.1) is 0 Å². The van der Waals surface area contributed by atoms with E-state index in [1.54, 1.807) is 6.92 Å². The van der Waals surface area contributed by atoms with Crippen molar-refractivity contribution in [2.24, 2.45) is 5.92 Å². The second-order valence-electron chi connectivity index (χ2n) is 5.31. The molecule has 116 valence electrons. The van der Waals surface area contributed by atoms with Crippen LogP contribution in [0.4, 0.5) is 0 Å². The highest BCUT2D eigenvalue weighted by Gasteiger charge is 2.14. The number of amides is 2. The highest BCUT2D eigenvalue weighted by molar-refractivity contribution is 5.81. The number of rotatable bonds is 7. The quantitative estimate of drug-likeness (QED) is 0.751. The van der Waals surface area contributed by atoms with Gasteiger partial charge in [-0.1, -0.05) is 31.5 Å². The Morgan fingerprint density at radius 1 is 1.00 bits per heavy atom. The molecule has 1 rings (SSSR count). The maximum absolute atomic E-state index is 11.8. The van der Waals surface area contributed by atoms with Crippen LogP contribution in [0.2, 0.25) is 0 Å². The first-order chi connectivity index (χ1) is 9.90. The standard InChI is InChI=1S/C16H24N2O3/c1-11(2)15(19)17-9-10-18-16(20)13(4)21-14-7-5-12(3)6-8-14/h5-8,11,13H,9-10H2,1-4H3,(H,17,19)(H,18,20). The van der Waals surface area contributed by atoms with E-state index in [2.05, 4.69) is 10.6 Å². The molecule has 1 aromatic carbocycles. The molecule has 0 saturated heterocycles. The van der Waals surface area contributed by atoms with Crippen LogP contribution < -0.4 is 15.4 Å². The molecule has 2 N–H and O–H groups in total. The summed E-state index contributed by atoms with van der Waals surface area (Å²) >= 11 is 0. The van der Waals surface area contributed by atoms with E-state index in [0.29, 0.717) is 18.8 Å². The van der Waals surface area contributed by atoms with E-state index in [1.165, 1.54) is 0 Å². The number of nitrogens with one attached hydrogen (secondary N) is 2. The lowest BCUT2D eigenvalue weighted by Gasteiger charge is -2.15. The Bertz CT molecular complexity index is 469. The Labute approximate surface area is 126 Å². The topological polar surface area (TPSA) is 67.4 Å². The minimum atomic E-state index is -0.575. The largest absolute Gasteiger partial charge is 0.481 e. The van der Waals surface area contributed by atoms with Crippen molar-refractivity contribution in [3.63, 3.8) is 0 Å². The van der Waals surface area contributed by atoms with Gasteiger partial charge in [0, 0.05) is 19.0 Å². The third kappa shape index (κ3) is 6.29. The Hall–Kier alpha value is -2.04. The third-order valence-electron chi connectivity index (χ3n) is 2.95. The highest BCUT2D eigenvalue weighted by atomic mass is 16.5. The molecule has 1 unspecified atom stereocenters. The van der Waals surface area contributed by atoms with Gasteiger partial charge in [-0.25, -0.2) is 0 Å². The molecule has 0 saturated carbocycles. The Morgan fingerprint density at radius 2 is 1.52 bits per heavy atom. The maximum Gasteiger partial charge on any atom is 0.260 e. The molecule has 0 aromatic heterocycles. The van der Waals surface area contributed by atoms with Crippen LogP contribution in [-0.4, -0.2) is 31.0 Å². The zero-order valence-corrected chi connectivity index (χ0v) is 13.1. The zero-order valence-electron chi connectivity index (χ0n) is 13.1. The first kappa shape index (κ1) is 17.0. The van der Waals surface area contributed by atoms with E-state index in [1.807, 2.05) is 45.0 Å². The summed E-state index contributed by atoms with van der Waals surface area (Å²) < 4.78 is 5.55. The lowest BCUT2D eigenvalue weighted by molar-refractivity contribution is -0.128. The molecule has 0 fully saturated rings. The lowest BCUT2D eigenvalue weighted by atomic mass is 10.2. The van der Waals surface area contributed by atoms with Crippen LogP contribution in [0.1, 0.15) is 26.3 Å². The summed E-state index contributed by atoms with van der Waals surface area (Å²) in [5.41, 5.74) is 1.14. The maximum atomic E-state index is 11.8. The van der Waals surface area contributed by atoms with E-state index >= 15 is 0 Å². The number of carbonyl (C=O) groups is 2. The summed E-state index contributed by atoms with van der Waals surface area (Å²) in [4.78, 5) is 23.2. The molecule has 0 heterocycles. The van der Waals surface area contributed by atoms with E-state index in [4.69, 9.17) is 4.74 Å². The summed E-state index contributed by atoms with van der Waals surface area (Å²) in [5, 5.41) is 5.47. The number of ether oxygens (including phenoxy) is 1. The second kappa shape index (κ2) is 8.29. The Morgan fingerprint density at radius 3 is 2.05 bits per heavy atom. The molecule has 0 aliphatic rings. The summed E-state index contributed by atoms with van der Waals surface area (Å²) in [6.45, 7) is 8.14. The average molecular weight is 292 g/mol. The number of hydrogen-bond acceptors (Lipinski definition) is 3. The van der Waals surface area contributed by atoms with Gasteiger partial charge in [-0.15, -0.1) is 0 Å². The SMILES string of the molecule is Cc1ccc(OC(C)C(=O)NCCNC(=O)C(C)C)cc1. The van der Waals surface area contributed by atoms with E-state index in [9.17, 15) is 9.59 Å². The van der Waals surface area contributed by atoms with Gasteiger partial charge in [0.25, 0.3) is 5.91 Å². The van der Waals surface area contributed by atoms with Crippen molar-refractivity contribution < 1.29 is 14.3 Å². The van der Waals surface area contributed by atoms with Crippen molar-refractivity contribution in [1.82, 2.24) is 10.6 Å². The van der Waals surface area contributed by atoms with Crippen molar-refractivity contribution in [3.05, 3.63) is 29.8 Å². The number of carbonyl (C=O) groups excluding carboxylic acids is 2. The number of hydrogen-bond donors (Lipinski definition) is 2. The summed E-state index contributed by atoms with van der Waals surface area (Å²) in [7, 11) is 0. The van der Waals surface area contributed by atoms with Crippen LogP contribution in [0, 0.1) is 12.8 Å². The first-order valence-corrected chi connectivity index (χ1v) is 7.19. The highest BCUT2D eigenvalue weighted by Crippen LogP contribution is 2.13. The minimum absolute atomic E-state index is 0.0202. The van der Waals surface area contributed by atoms with Gasteiger partial charge in [-0.05, 0) is 26.0 Å². The normalized spacial score (nSPS) is 11.9. The van der Waals surface area contributed by atoms with Crippen molar-refractivity contribution in [1.29, 1.82) is 0 Å². The molecule has 0 aliphatic heterocycles. The Kier molecular flexibility index (Phi) is 6.72. The van der Waals surface area contributed by atoms with Gasteiger partial charge in [-0.2, -0.15) is 0 Å². The molecule has 21 heavy (non-hydrogen) atoms. The summed E-state index contributed by atoms with van der Waals surface area (Å²) in [5.74, 6) is 0.392. The monoisotopic (exact) mass is 292 g/mol. The van der Waals surface area contributed by atoms with Crippen LogP contribution in [0.3, 0.4) is 0 Å². The Balaban J connectivity index is 2.28. The molecule has 5 nitrogen and oxygen atoms in total. The predicted octanol–water partition coefficient (Wildman–Crippen LogP) is 1.65. The van der Waals surface area contributed by atoms with Crippen LogP contribution in [0.15, 0.2) is 24.3 Å². The van der Waals surface area contributed by atoms with E-state index < -0.39 is 6.10 Å². The van der Waals surface area contributed by atoms with Crippen molar-refractivity contribution in [2.75, 3.05) is 13.1 Å². The first-order valence-electron chi connectivity index (χ1n) is 7.19. The van der Waals surface area contributed by atoms with Crippen molar-refractivity contribution in [3.8, 4) is 5.75 Å². The lowest BCUT2D eigenvalue weighted by Crippen LogP contribution is -2.41. The summed E-state index contributed by atoms with van der Waals surface area (Å²) in [6.07, 6.45) is -0.575. The molecule has 0 aliphatic carbocycles. The van der Waals surface area contributed by atoms with Crippen LogP contribution in [0.25, 0.3) is 0 Å².